The lowest BCUT2D eigenvalue weighted by Crippen LogP contribution is -2.35. The summed E-state index contributed by atoms with van der Waals surface area (Å²) >= 11 is 1.46. The second kappa shape index (κ2) is 5.73. The van der Waals surface area contributed by atoms with E-state index in [0.717, 1.165) is 30.0 Å². The van der Waals surface area contributed by atoms with Gasteiger partial charge >= 0.3 is 0 Å². The van der Waals surface area contributed by atoms with Crippen LogP contribution < -0.4 is 0 Å². The molecule has 1 aromatic heterocycles. The highest BCUT2D eigenvalue weighted by atomic mass is 32.2. The van der Waals surface area contributed by atoms with E-state index >= 15 is 0 Å². The smallest absolute Gasteiger partial charge is 0.169 e. The molecular weight excluding hydrogens is 282 g/mol. The second-order valence-electron chi connectivity index (χ2n) is 5.00. The minimum atomic E-state index is -2.84. The number of ketones is 1. The van der Waals surface area contributed by atoms with Crippen LogP contribution in [0.3, 0.4) is 0 Å². The molecule has 0 aromatic carbocycles. The lowest BCUT2D eigenvalue weighted by atomic mass is 10.2. The van der Waals surface area contributed by atoms with Crippen LogP contribution in [0.1, 0.15) is 35.5 Å². The Kier molecular flexibility index (Phi) is 4.43. The van der Waals surface area contributed by atoms with E-state index in [2.05, 4.69) is 4.90 Å². The third kappa shape index (κ3) is 3.64. The lowest BCUT2D eigenvalue weighted by Gasteiger charge is -2.26. The van der Waals surface area contributed by atoms with Crippen LogP contribution in [0.4, 0.5) is 0 Å². The molecular formula is C13H19NO3S2. The number of hydrogen-bond donors (Lipinski definition) is 0. The molecule has 2 heterocycles. The van der Waals surface area contributed by atoms with Crippen molar-refractivity contribution >= 4 is 27.0 Å². The number of sulfone groups is 1. The molecule has 1 aliphatic rings. The van der Waals surface area contributed by atoms with Gasteiger partial charge in [0.25, 0.3) is 0 Å². The predicted octanol–water partition coefficient (Wildman–Crippen LogP) is 1.96. The lowest BCUT2D eigenvalue weighted by molar-refractivity contribution is 0.102. The van der Waals surface area contributed by atoms with E-state index in [1.165, 1.54) is 11.3 Å². The molecule has 1 atom stereocenters. The van der Waals surface area contributed by atoms with Crippen molar-refractivity contribution in [2.24, 2.45) is 0 Å². The Morgan fingerprint density at radius 3 is 2.74 bits per heavy atom. The number of nitrogens with zero attached hydrogens (tertiary/aromatic N) is 1. The molecule has 1 saturated heterocycles. The zero-order valence-corrected chi connectivity index (χ0v) is 12.9. The molecule has 1 aromatic rings. The molecule has 0 amide bonds. The minimum absolute atomic E-state index is 0.0859. The van der Waals surface area contributed by atoms with Gasteiger partial charge in [0.05, 0.1) is 16.4 Å². The van der Waals surface area contributed by atoms with Gasteiger partial charge in [0, 0.05) is 12.6 Å². The Morgan fingerprint density at radius 1 is 1.53 bits per heavy atom. The third-order valence-electron chi connectivity index (χ3n) is 3.52. The zero-order valence-electron chi connectivity index (χ0n) is 11.3. The van der Waals surface area contributed by atoms with Crippen LogP contribution in [0.15, 0.2) is 11.4 Å². The van der Waals surface area contributed by atoms with Gasteiger partial charge in [0.2, 0.25) is 0 Å². The normalized spacial score (nSPS) is 21.9. The first-order valence-electron chi connectivity index (χ1n) is 6.44. The molecule has 0 radical (unpaired) electrons. The number of rotatable bonds is 5. The average Bonchev–Trinajstić information content (AvgIpc) is 2.92. The summed E-state index contributed by atoms with van der Waals surface area (Å²) in [6.45, 7) is 5.16. The Hall–Kier alpha value is -0.720. The zero-order chi connectivity index (χ0) is 14.0. The van der Waals surface area contributed by atoms with E-state index in [1.807, 2.05) is 18.4 Å². The molecule has 0 N–H and O–H groups in total. The second-order valence-corrected chi connectivity index (χ2v) is 8.14. The van der Waals surface area contributed by atoms with Crippen LogP contribution in [0.5, 0.6) is 0 Å². The van der Waals surface area contributed by atoms with Crippen LogP contribution in [-0.4, -0.2) is 43.2 Å². The van der Waals surface area contributed by atoms with Crippen molar-refractivity contribution in [1.29, 1.82) is 0 Å². The van der Waals surface area contributed by atoms with Crippen molar-refractivity contribution in [1.82, 2.24) is 4.90 Å². The molecule has 106 valence electrons. The number of thiophene rings is 1. The Bertz CT molecular complexity index is 562. The highest BCUT2D eigenvalue weighted by Crippen LogP contribution is 2.22. The Labute approximate surface area is 118 Å². The van der Waals surface area contributed by atoms with Gasteiger partial charge in [0.15, 0.2) is 15.6 Å². The summed E-state index contributed by atoms with van der Waals surface area (Å²) in [4.78, 5) is 14.2. The Morgan fingerprint density at radius 2 is 2.26 bits per heavy atom. The van der Waals surface area contributed by atoms with Crippen LogP contribution in [0, 0.1) is 0 Å². The molecule has 0 spiro atoms. The van der Waals surface area contributed by atoms with Gasteiger partial charge in [-0.3, -0.25) is 9.69 Å². The summed E-state index contributed by atoms with van der Waals surface area (Å²) in [6.07, 6.45) is 0.722. The largest absolute Gasteiger partial charge is 0.295 e. The maximum Gasteiger partial charge on any atom is 0.169 e. The molecule has 19 heavy (non-hydrogen) atoms. The summed E-state index contributed by atoms with van der Waals surface area (Å²) < 4.78 is 23.1. The van der Waals surface area contributed by atoms with Gasteiger partial charge in [-0.2, -0.15) is 0 Å². The fraction of sp³-hybridized carbons (Fsp3) is 0.615. The summed E-state index contributed by atoms with van der Waals surface area (Å²) in [6, 6.07) is 2.04. The summed E-state index contributed by atoms with van der Waals surface area (Å²) in [5, 5.41) is 1.99. The number of hydrogen-bond acceptors (Lipinski definition) is 5. The van der Waals surface area contributed by atoms with Crippen molar-refractivity contribution in [3.8, 4) is 0 Å². The SMILES string of the molecule is CCN(Cc1csc(C(C)=O)c1)[C@H]1CCS(=O)(=O)C1. The third-order valence-corrected chi connectivity index (χ3v) is 6.35. The van der Waals surface area contributed by atoms with E-state index in [1.54, 1.807) is 6.92 Å². The van der Waals surface area contributed by atoms with Gasteiger partial charge in [-0.15, -0.1) is 11.3 Å². The molecule has 6 heteroatoms. The number of carbonyl (C=O) groups excluding carboxylic acids is 1. The summed E-state index contributed by atoms with van der Waals surface area (Å²) in [5.74, 6) is 0.656. The molecule has 0 aliphatic carbocycles. The highest BCUT2D eigenvalue weighted by molar-refractivity contribution is 7.91. The first-order chi connectivity index (χ1) is 8.91. The molecule has 0 bridgehead atoms. The van der Waals surface area contributed by atoms with Gasteiger partial charge < -0.3 is 0 Å². The van der Waals surface area contributed by atoms with Crippen LogP contribution in [-0.2, 0) is 16.4 Å². The van der Waals surface area contributed by atoms with Crippen molar-refractivity contribution < 1.29 is 13.2 Å². The first kappa shape index (κ1) is 14.7. The van der Waals surface area contributed by atoms with E-state index < -0.39 is 9.84 Å². The van der Waals surface area contributed by atoms with E-state index in [-0.39, 0.29) is 17.6 Å². The molecule has 1 fully saturated rings. The van der Waals surface area contributed by atoms with Gasteiger partial charge in [-0.05, 0) is 36.9 Å². The van der Waals surface area contributed by atoms with Gasteiger partial charge in [-0.1, -0.05) is 6.92 Å². The van der Waals surface area contributed by atoms with Crippen molar-refractivity contribution in [3.63, 3.8) is 0 Å². The first-order valence-corrected chi connectivity index (χ1v) is 9.14. The van der Waals surface area contributed by atoms with Crippen molar-refractivity contribution in [2.45, 2.75) is 32.9 Å². The van der Waals surface area contributed by atoms with E-state index in [4.69, 9.17) is 0 Å². The van der Waals surface area contributed by atoms with Crippen LogP contribution >= 0.6 is 11.3 Å². The van der Waals surface area contributed by atoms with Gasteiger partial charge in [0.1, 0.15) is 0 Å². The molecule has 4 nitrogen and oxygen atoms in total. The maximum absolute atomic E-state index is 11.5. The Balaban J connectivity index is 2.04. The van der Waals surface area contributed by atoms with Crippen molar-refractivity contribution in [3.05, 3.63) is 21.9 Å². The standard InChI is InChI=1S/C13H19NO3S2/c1-3-14(12-4-5-19(16,17)9-12)7-11-6-13(10(2)15)18-8-11/h6,8,12H,3-5,7,9H2,1-2H3/t12-/m0/s1. The van der Waals surface area contributed by atoms with Crippen LogP contribution in [0.2, 0.25) is 0 Å². The van der Waals surface area contributed by atoms with Crippen molar-refractivity contribution in [2.75, 3.05) is 18.1 Å². The summed E-state index contributed by atoms with van der Waals surface area (Å²) in [7, 11) is -2.84. The number of carbonyl (C=O) groups is 1. The van der Waals surface area contributed by atoms with Crippen LogP contribution in [0.25, 0.3) is 0 Å². The topological polar surface area (TPSA) is 54.5 Å². The van der Waals surface area contributed by atoms with E-state index in [0.29, 0.717) is 5.75 Å². The predicted molar refractivity (Wildman–Crippen MR) is 77.5 cm³/mol. The quantitative estimate of drug-likeness (QED) is 0.780. The average molecular weight is 301 g/mol. The highest BCUT2D eigenvalue weighted by Gasteiger charge is 2.31. The molecule has 0 unspecified atom stereocenters. The molecule has 2 rings (SSSR count). The number of Topliss-reactive ketones (excluding diaryl/α,β-unsaturated/α-hetero) is 1. The minimum Gasteiger partial charge on any atom is -0.295 e. The molecule has 0 saturated carbocycles. The van der Waals surface area contributed by atoms with E-state index in [9.17, 15) is 13.2 Å². The monoisotopic (exact) mass is 301 g/mol. The maximum atomic E-state index is 11.5. The fourth-order valence-corrected chi connectivity index (χ4v) is 5.01. The summed E-state index contributed by atoms with van der Waals surface area (Å²) in [5.41, 5.74) is 1.10. The fourth-order valence-electron chi connectivity index (χ4n) is 2.44. The molecule has 1 aliphatic heterocycles. The van der Waals surface area contributed by atoms with Gasteiger partial charge in [-0.25, -0.2) is 8.42 Å².